The maximum Gasteiger partial charge on any atom is 0.422 e. The second kappa shape index (κ2) is 9.40. The van der Waals surface area contributed by atoms with E-state index in [1.807, 2.05) is 13.8 Å². The highest BCUT2D eigenvalue weighted by atomic mass is 19.4. The fourth-order valence-electron chi connectivity index (χ4n) is 2.24. The Labute approximate surface area is 166 Å². The molecule has 0 saturated carbocycles. The summed E-state index contributed by atoms with van der Waals surface area (Å²) in [5.74, 6) is -0.737. The Morgan fingerprint density at radius 2 is 1.72 bits per heavy atom. The molecule has 9 heteroatoms. The van der Waals surface area contributed by atoms with Crippen LogP contribution in [0.1, 0.15) is 40.1 Å². The van der Waals surface area contributed by atoms with Gasteiger partial charge in [-0.3, -0.25) is 9.59 Å². The molecule has 0 radical (unpaired) electrons. The van der Waals surface area contributed by atoms with Crippen LogP contribution in [0.4, 0.5) is 13.2 Å². The van der Waals surface area contributed by atoms with Crippen LogP contribution in [-0.2, 0) is 6.54 Å². The van der Waals surface area contributed by atoms with Gasteiger partial charge < -0.3 is 15.0 Å². The normalized spacial score (nSPS) is 11.3. The standard InChI is InChI=1S/C20H22F3N3O3/c1-13(2)26(3)19(28)15-6-4-14(5-7-15)10-25-18(27)16-8-9-17(24-11-16)29-12-20(21,22)23/h4-9,11,13H,10,12H2,1-3H3,(H,25,27). The molecule has 29 heavy (non-hydrogen) atoms. The van der Waals surface area contributed by atoms with Crippen molar-refractivity contribution in [1.82, 2.24) is 15.2 Å². The molecule has 0 aliphatic rings. The van der Waals surface area contributed by atoms with Crippen molar-refractivity contribution < 1.29 is 27.5 Å². The molecule has 2 aromatic rings. The first kappa shape index (κ1) is 22.2. The molecule has 0 aliphatic heterocycles. The van der Waals surface area contributed by atoms with Crippen LogP contribution in [0.3, 0.4) is 0 Å². The smallest absolute Gasteiger partial charge is 0.422 e. The number of ether oxygens (including phenoxy) is 1. The van der Waals surface area contributed by atoms with Crippen LogP contribution in [0.5, 0.6) is 5.88 Å². The highest BCUT2D eigenvalue weighted by Crippen LogP contribution is 2.17. The lowest BCUT2D eigenvalue weighted by molar-refractivity contribution is -0.154. The summed E-state index contributed by atoms with van der Waals surface area (Å²) >= 11 is 0. The number of aromatic nitrogens is 1. The SMILES string of the molecule is CC(C)N(C)C(=O)c1ccc(CNC(=O)c2ccc(OCC(F)(F)F)nc2)cc1. The van der Waals surface area contributed by atoms with E-state index in [2.05, 4.69) is 15.0 Å². The van der Waals surface area contributed by atoms with Crippen molar-refractivity contribution in [3.8, 4) is 5.88 Å². The lowest BCUT2D eigenvalue weighted by Gasteiger charge is -2.21. The fourth-order valence-corrected chi connectivity index (χ4v) is 2.24. The van der Waals surface area contributed by atoms with E-state index in [9.17, 15) is 22.8 Å². The van der Waals surface area contributed by atoms with Crippen molar-refractivity contribution in [2.75, 3.05) is 13.7 Å². The molecular weight excluding hydrogens is 387 g/mol. The lowest BCUT2D eigenvalue weighted by Crippen LogP contribution is -2.32. The minimum Gasteiger partial charge on any atom is -0.468 e. The van der Waals surface area contributed by atoms with Crippen molar-refractivity contribution in [2.45, 2.75) is 32.6 Å². The average molecular weight is 409 g/mol. The first-order valence-electron chi connectivity index (χ1n) is 8.86. The van der Waals surface area contributed by atoms with Crippen LogP contribution in [0.25, 0.3) is 0 Å². The number of alkyl halides is 3. The summed E-state index contributed by atoms with van der Waals surface area (Å²) in [6.07, 6.45) is -3.31. The summed E-state index contributed by atoms with van der Waals surface area (Å²) in [6, 6.07) is 9.49. The number of nitrogens with one attached hydrogen (secondary N) is 1. The second-order valence-corrected chi connectivity index (χ2v) is 6.68. The van der Waals surface area contributed by atoms with Gasteiger partial charge >= 0.3 is 6.18 Å². The molecule has 156 valence electrons. The quantitative estimate of drug-likeness (QED) is 0.761. The zero-order chi connectivity index (χ0) is 21.6. The molecule has 0 spiro atoms. The molecule has 2 rings (SSSR count). The van der Waals surface area contributed by atoms with Gasteiger partial charge in [0, 0.05) is 37.5 Å². The molecule has 0 fully saturated rings. The number of nitrogens with zero attached hydrogens (tertiary/aromatic N) is 2. The van der Waals surface area contributed by atoms with Crippen molar-refractivity contribution in [3.63, 3.8) is 0 Å². The van der Waals surface area contributed by atoms with Gasteiger partial charge in [0.2, 0.25) is 5.88 Å². The van der Waals surface area contributed by atoms with Gasteiger partial charge in [-0.05, 0) is 37.6 Å². The average Bonchev–Trinajstić information content (AvgIpc) is 2.69. The third kappa shape index (κ3) is 6.78. The van der Waals surface area contributed by atoms with Gasteiger partial charge in [0.05, 0.1) is 5.56 Å². The van der Waals surface area contributed by atoms with Crippen molar-refractivity contribution in [1.29, 1.82) is 0 Å². The summed E-state index contributed by atoms with van der Waals surface area (Å²) in [4.78, 5) is 29.7. The molecule has 2 amide bonds. The molecular formula is C20H22F3N3O3. The predicted molar refractivity (Wildman–Crippen MR) is 101 cm³/mol. The van der Waals surface area contributed by atoms with Crippen LogP contribution < -0.4 is 10.1 Å². The maximum atomic E-state index is 12.3. The summed E-state index contributed by atoms with van der Waals surface area (Å²) < 4.78 is 40.8. The Morgan fingerprint density at radius 3 is 2.24 bits per heavy atom. The van der Waals surface area contributed by atoms with E-state index in [0.717, 1.165) is 11.8 Å². The van der Waals surface area contributed by atoms with E-state index >= 15 is 0 Å². The van der Waals surface area contributed by atoms with Gasteiger partial charge in [-0.25, -0.2) is 4.98 Å². The van der Waals surface area contributed by atoms with Crippen LogP contribution in [-0.4, -0.2) is 47.6 Å². The minimum atomic E-state index is -4.46. The number of carbonyl (C=O) groups excluding carboxylic acids is 2. The van der Waals surface area contributed by atoms with Crippen LogP contribution in [0.15, 0.2) is 42.6 Å². The van der Waals surface area contributed by atoms with Gasteiger partial charge in [-0.2, -0.15) is 13.2 Å². The second-order valence-electron chi connectivity index (χ2n) is 6.68. The molecule has 1 aromatic heterocycles. The number of hydrogen-bond donors (Lipinski definition) is 1. The Kier molecular flexibility index (Phi) is 7.19. The first-order chi connectivity index (χ1) is 13.6. The lowest BCUT2D eigenvalue weighted by atomic mass is 10.1. The van der Waals surface area contributed by atoms with Crippen molar-refractivity contribution >= 4 is 11.8 Å². The Morgan fingerprint density at radius 1 is 1.10 bits per heavy atom. The third-order valence-corrected chi connectivity index (χ3v) is 4.13. The van der Waals surface area contributed by atoms with Crippen molar-refractivity contribution in [2.24, 2.45) is 0 Å². The number of amides is 2. The monoisotopic (exact) mass is 409 g/mol. The molecule has 0 bridgehead atoms. The summed E-state index contributed by atoms with van der Waals surface area (Å²) in [5, 5.41) is 2.69. The van der Waals surface area contributed by atoms with E-state index in [4.69, 9.17) is 0 Å². The fraction of sp³-hybridized carbons (Fsp3) is 0.350. The van der Waals surface area contributed by atoms with E-state index in [1.165, 1.54) is 12.1 Å². The van der Waals surface area contributed by atoms with E-state index < -0.39 is 18.7 Å². The molecule has 1 N–H and O–H groups in total. The van der Waals surface area contributed by atoms with Gasteiger partial charge in [-0.1, -0.05) is 12.1 Å². The van der Waals surface area contributed by atoms with E-state index in [0.29, 0.717) is 5.56 Å². The molecule has 1 heterocycles. The first-order valence-corrected chi connectivity index (χ1v) is 8.86. The summed E-state index contributed by atoms with van der Waals surface area (Å²) in [6.45, 7) is 2.62. The van der Waals surface area contributed by atoms with Gasteiger partial charge in [0.15, 0.2) is 6.61 Å². The maximum absolute atomic E-state index is 12.3. The van der Waals surface area contributed by atoms with Crippen LogP contribution >= 0.6 is 0 Å². The van der Waals surface area contributed by atoms with E-state index in [-0.39, 0.29) is 29.9 Å². The van der Waals surface area contributed by atoms with Gasteiger partial charge in [0.1, 0.15) is 0 Å². The largest absolute Gasteiger partial charge is 0.468 e. The topological polar surface area (TPSA) is 71.5 Å². The summed E-state index contributed by atoms with van der Waals surface area (Å²) in [5.41, 5.74) is 1.53. The number of pyridine rings is 1. The number of hydrogen-bond acceptors (Lipinski definition) is 4. The number of benzene rings is 1. The third-order valence-electron chi connectivity index (χ3n) is 4.13. The molecule has 6 nitrogen and oxygen atoms in total. The van der Waals surface area contributed by atoms with E-state index in [1.54, 1.807) is 36.2 Å². The Balaban J connectivity index is 1.89. The molecule has 1 aromatic carbocycles. The highest BCUT2D eigenvalue weighted by molar-refractivity contribution is 5.94. The predicted octanol–water partition coefficient (Wildman–Crippen LogP) is 3.43. The zero-order valence-corrected chi connectivity index (χ0v) is 16.3. The van der Waals surface area contributed by atoms with Crippen LogP contribution in [0.2, 0.25) is 0 Å². The molecule has 0 atom stereocenters. The number of rotatable bonds is 7. The molecule has 0 aliphatic carbocycles. The van der Waals surface area contributed by atoms with Crippen molar-refractivity contribution in [3.05, 3.63) is 59.3 Å². The Bertz CT molecular complexity index is 835. The molecule has 0 unspecified atom stereocenters. The summed E-state index contributed by atoms with van der Waals surface area (Å²) in [7, 11) is 1.73. The number of halogens is 3. The highest BCUT2D eigenvalue weighted by Gasteiger charge is 2.28. The Hall–Kier alpha value is -3.10. The minimum absolute atomic E-state index is 0.0836. The zero-order valence-electron chi connectivity index (χ0n) is 16.3. The van der Waals surface area contributed by atoms with Crippen LogP contribution in [0, 0.1) is 0 Å². The molecule has 0 saturated heterocycles. The van der Waals surface area contributed by atoms with Gasteiger partial charge in [0.25, 0.3) is 11.8 Å². The van der Waals surface area contributed by atoms with Gasteiger partial charge in [-0.15, -0.1) is 0 Å². The number of carbonyl (C=O) groups is 2.